The van der Waals surface area contributed by atoms with Crippen molar-refractivity contribution in [2.75, 3.05) is 6.54 Å². The molecule has 0 aliphatic heterocycles. The standard InChI is InChI=1S/C15H14N2O6S/c1-10-2-3-12(8-14(10)17(20)21)11-4-6-13(7-5-11)24(22,23)16-9-15(18)19/h2-8,16H,9H2,1H3,(H,18,19). The van der Waals surface area contributed by atoms with Gasteiger partial charge in [-0.25, -0.2) is 8.42 Å². The van der Waals surface area contributed by atoms with Crippen LogP contribution in [0.25, 0.3) is 11.1 Å². The Balaban J connectivity index is 2.31. The first-order valence-corrected chi connectivity index (χ1v) is 8.26. The van der Waals surface area contributed by atoms with E-state index in [1.165, 1.54) is 30.3 Å². The summed E-state index contributed by atoms with van der Waals surface area (Å²) in [6.07, 6.45) is 0. The van der Waals surface area contributed by atoms with Gasteiger partial charge in [-0.15, -0.1) is 0 Å². The molecule has 0 amide bonds. The lowest BCUT2D eigenvalue weighted by Crippen LogP contribution is -2.29. The fraction of sp³-hybridized carbons (Fsp3) is 0.133. The molecular formula is C15H14N2O6S. The fourth-order valence-electron chi connectivity index (χ4n) is 2.05. The number of aryl methyl sites for hydroxylation is 1. The van der Waals surface area contributed by atoms with E-state index in [2.05, 4.69) is 0 Å². The van der Waals surface area contributed by atoms with Crippen LogP contribution in [0, 0.1) is 17.0 Å². The Morgan fingerprint density at radius 2 is 1.75 bits per heavy atom. The van der Waals surface area contributed by atoms with Crippen LogP contribution in [0.3, 0.4) is 0 Å². The summed E-state index contributed by atoms with van der Waals surface area (Å²) in [7, 11) is -3.92. The highest BCUT2D eigenvalue weighted by molar-refractivity contribution is 7.89. The number of carboxylic acids is 1. The van der Waals surface area contributed by atoms with Crippen LogP contribution in [-0.2, 0) is 14.8 Å². The fourth-order valence-corrected chi connectivity index (χ4v) is 3.03. The van der Waals surface area contributed by atoms with Crippen LogP contribution in [-0.4, -0.2) is 31.0 Å². The van der Waals surface area contributed by atoms with Gasteiger partial charge in [-0.1, -0.05) is 24.3 Å². The minimum Gasteiger partial charge on any atom is -0.480 e. The Bertz CT molecular complexity index is 891. The minimum atomic E-state index is -3.92. The van der Waals surface area contributed by atoms with Crippen LogP contribution in [0.5, 0.6) is 0 Å². The van der Waals surface area contributed by atoms with Crippen molar-refractivity contribution in [3.8, 4) is 11.1 Å². The van der Waals surface area contributed by atoms with Crippen LogP contribution in [0.1, 0.15) is 5.56 Å². The molecule has 0 bridgehead atoms. The second-order valence-electron chi connectivity index (χ2n) is 5.00. The average Bonchev–Trinajstić information content (AvgIpc) is 2.53. The number of nitro groups is 1. The molecule has 0 atom stereocenters. The molecule has 0 spiro atoms. The van der Waals surface area contributed by atoms with Gasteiger partial charge in [0, 0.05) is 11.6 Å². The average molecular weight is 350 g/mol. The number of nitrogens with zero attached hydrogens (tertiary/aromatic N) is 1. The second kappa shape index (κ2) is 6.77. The van der Waals surface area contributed by atoms with E-state index in [-0.39, 0.29) is 10.6 Å². The second-order valence-corrected chi connectivity index (χ2v) is 6.77. The smallest absolute Gasteiger partial charge is 0.318 e. The number of rotatable bonds is 6. The Kier molecular flexibility index (Phi) is 4.96. The molecule has 126 valence electrons. The summed E-state index contributed by atoms with van der Waals surface area (Å²) in [6.45, 7) is 0.917. The Morgan fingerprint density at radius 1 is 1.17 bits per heavy atom. The van der Waals surface area contributed by atoms with E-state index in [0.29, 0.717) is 16.7 Å². The van der Waals surface area contributed by atoms with Crippen molar-refractivity contribution in [2.45, 2.75) is 11.8 Å². The van der Waals surface area contributed by atoms with Gasteiger partial charge in [-0.3, -0.25) is 14.9 Å². The van der Waals surface area contributed by atoms with E-state index in [9.17, 15) is 23.3 Å². The largest absolute Gasteiger partial charge is 0.480 e. The van der Waals surface area contributed by atoms with Crippen molar-refractivity contribution >= 4 is 21.7 Å². The van der Waals surface area contributed by atoms with E-state index in [0.717, 1.165) is 0 Å². The first-order chi connectivity index (χ1) is 11.2. The molecule has 24 heavy (non-hydrogen) atoms. The molecule has 2 rings (SSSR count). The normalized spacial score (nSPS) is 11.2. The molecule has 0 aliphatic rings. The number of carbonyl (C=O) groups is 1. The van der Waals surface area contributed by atoms with Gasteiger partial charge in [0.2, 0.25) is 10.0 Å². The molecule has 2 aromatic rings. The third-order valence-electron chi connectivity index (χ3n) is 3.32. The lowest BCUT2D eigenvalue weighted by molar-refractivity contribution is -0.385. The van der Waals surface area contributed by atoms with Gasteiger partial charge in [0.25, 0.3) is 5.69 Å². The molecule has 0 saturated carbocycles. The number of hydrogen-bond acceptors (Lipinski definition) is 5. The van der Waals surface area contributed by atoms with Crippen LogP contribution < -0.4 is 4.72 Å². The number of aliphatic carboxylic acids is 1. The lowest BCUT2D eigenvalue weighted by atomic mass is 10.0. The van der Waals surface area contributed by atoms with Crippen LogP contribution in [0.15, 0.2) is 47.4 Å². The zero-order chi connectivity index (χ0) is 17.9. The molecule has 9 heteroatoms. The van der Waals surface area contributed by atoms with Gasteiger partial charge in [0.05, 0.1) is 9.82 Å². The van der Waals surface area contributed by atoms with Gasteiger partial charge >= 0.3 is 5.97 Å². The zero-order valence-electron chi connectivity index (χ0n) is 12.6. The van der Waals surface area contributed by atoms with Crippen molar-refractivity contribution in [3.05, 3.63) is 58.1 Å². The van der Waals surface area contributed by atoms with E-state index in [4.69, 9.17) is 5.11 Å². The number of hydrogen-bond donors (Lipinski definition) is 2. The summed E-state index contributed by atoms with van der Waals surface area (Å²) in [6, 6.07) is 10.4. The van der Waals surface area contributed by atoms with Gasteiger partial charge in [0.15, 0.2) is 0 Å². The SMILES string of the molecule is Cc1ccc(-c2ccc(S(=O)(=O)NCC(=O)O)cc2)cc1[N+](=O)[O-]. The van der Waals surface area contributed by atoms with Gasteiger partial charge in [0.1, 0.15) is 6.54 Å². The van der Waals surface area contributed by atoms with E-state index < -0.39 is 27.5 Å². The van der Waals surface area contributed by atoms with Crippen molar-refractivity contribution in [3.63, 3.8) is 0 Å². The molecule has 0 aromatic heterocycles. The van der Waals surface area contributed by atoms with Crippen molar-refractivity contribution in [1.82, 2.24) is 4.72 Å². The van der Waals surface area contributed by atoms with Gasteiger partial charge < -0.3 is 5.11 Å². The summed E-state index contributed by atoms with van der Waals surface area (Å²) in [5, 5.41) is 19.5. The minimum absolute atomic E-state index is 0.0210. The highest BCUT2D eigenvalue weighted by Gasteiger charge is 2.16. The molecule has 0 fully saturated rings. The predicted octanol–water partition coefficient (Wildman–Crippen LogP) is 1.93. The molecule has 0 radical (unpaired) electrons. The monoisotopic (exact) mass is 350 g/mol. The van der Waals surface area contributed by atoms with E-state index >= 15 is 0 Å². The molecule has 0 heterocycles. The predicted molar refractivity (Wildman–Crippen MR) is 86.1 cm³/mol. The van der Waals surface area contributed by atoms with Crippen molar-refractivity contribution in [1.29, 1.82) is 0 Å². The maximum atomic E-state index is 11.9. The first kappa shape index (κ1) is 17.6. The Morgan fingerprint density at radius 3 is 2.29 bits per heavy atom. The maximum absolute atomic E-state index is 11.9. The Labute approximate surface area is 138 Å². The molecular weight excluding hydrogens is 336 g/mol. The molecule has 8 nitrogen and oxygen atoms in total. The number of nitro benzene ring substituents is 1. The molecule has 0 aliphatic carbocycles. The molecule has 0 saturated heterocycles. The maximum Gasteiger partial charge on any atom is 0.318 e. The van der Waals surface area contributed by atoms with E-state index in [1.807, 2.05) is 4.72 Å². The zero-order valence-corrected chi connectivity index (χ0v) is 13.4. The number of nitrogens with one attached hydrogen (secondary N) is 1. The third kappa shape index (κ3) is 3.94. The third-order valence-corrected chi connectivity index (χ3v) is 4.73. The summed E-state index contributed by atoms with van der Waals surface area (Å²) in [5.41, 5.74) is 1.69. The van der Waals surface area contributed by atoms with Crippen LogP contribution >= 0.6 is 0 Å². The molecule has 2 aromatic carbocycles. The quantitative estimate of drug-likeness (QED) is 0.605. The summed E-state index contributed by atoms with van der Waals surface area (Å²) >= 11 is 0. The summed E-state index contributed by atoms with van der Waals surface area (Å²) in [5.74, 6) is -1.29. The number of benzene rings is 2. The van der Waals surface area contributed by atoms with Gasteiger partial charge in [-0.2, -0.15) is 4.72 Å². The van der Waals surface area contributed by atoms with Crippen molar-refractivity contribution in [2.24, 2.45) is 0 Å². The summed E-state index contributed by atoms with van der Waals surface area (Å²) < 4.78 is 25.8. The lowest BCUT2D eigenvalue weighted by Gasteiger charge is -2.07. The first-order valence-electron chi connectivity index (χ1n) is 6.77. The number of sulfonamides is 1. The van der Waals surface area contributed by atoms with Crippen molar-refractivity contribution < 1.29 is 23.2 Å². The van der Waals surface area contributed by atoms with Crippen LogP contribution in [0.2, 0.25) is 0 Å². The highest BCUT2D eigenvalue weighted by Crippen LogP contribution is 2.27. The molecule has 2 N–H and O–H groups in total. The molecule has 0 unspecified atom stereocenters. The summed E-state index contributed by atoms with van der Waals surface area (Å²) in [4.78, 5) is 20.9. The number of carboxylic acid groups (broad SMARTS) is 1. The highest BCUT2D eigenvalue weighted by atomic mass is 32.2. The van der Waals surface area contributed by atoms with Crippen LogP contribution in [0.4, 0.5) is 5.69 Å². The van der Waals surface area contributed by atoms with E-state index in [1.54, 1.807) is 19.1 Å². The Hall–Kier alpha value is -2.78. The van der Waals surface area contributed by atoms with Gasteiger partial charge in [-0.05, 0) is 30.2 Å². The topological polar surface area (TPSA) is 127 Å².